The van der Waals surface area contributed by atoms with Crippen molar-refractivity contribution in [3.05, 3.63) is 0 Å². The van der Waals surface area contributed by atoms with E-state index in [-0.39, 0.29) is 17.4 Å². The van der Waals surface area contributed by atoms with E-state index in [0.29, 0.717) is 0 Å². The molecule has 0 fully saturated rings. The first kappa shape index (κ1) is 11.2. The quantitative estimate of drug-likeness (QED) is 0.585. The number of hydrogen-bond acceptors (Lipinski definition) is 0. The summed E-state index contributed by atoms with van der Waals surface area (Å²) in [5, 5.41) is 0. The molecule has 0 saturated heterocycles. The van der Waals surface area contributed by atoms with E-state index < -0.39 is 11.9 Å². The van der Waals surface area contributed by atoms with Gasteiger partial charge in [0.2, 0.25) is 0 Å². The molecule has 0 unspecified atom stereocenters. The van der Waals surface area contributed by atoms with E-state index in [4.69, 9.17) is 37.7 Å². The van der Waals surface area contributed by atoms with Gasteiger partial charge in [0.15, 0.2) is 17.4 Å². The molecule has 0 saturated carbocycles. The molecule has 0 spiro atoms. The van der Waals surface area contributed by atoms with Gasteiger partial charge in [0.25, 0.3) is 0 Å². The van der Waals surface area contributed by atoms with E-state index >= 15 is 0 Å². The van der Waals surface area contributed by atoms with E-state index in [1.165, 1.54) is 0 Å². The standard InChI is InChI=1S/Al.4ClH.Mo.3H/h;4*1H;;;;/q;;;;;+4;;;/p-4. The second-order valence-electron chi connectivity index (χ2n) is 0.350. The fraction of sp³-hybridized carbons (Fsp3) is 0. The Morgan fingerprint density at radius 2 is 0.833 bits per heavy atom. The van der Waals surface area contributed by atoms with Crippen molar-refractivity contribution >= 4 is 55.0 Å². The normalized spacial score (nSPS) is 12.7. The van der Waals surface area contributed by atoms with Crippen LogP contribution in [-0.2, 0) is 11.9 Å². The minimum atomic E-state index is -3.13. The van der Waals surface area contributed by atoms with E-state index in [1.807, 2.05) is 0 Å². The Labute approximate surface area is 66.1 Å². The van der Waals surface area contributed by atoms with Crippen LogP contribution in [0.15, 0.2) is 0 Å². The molecule has 6 heavy (non-hydrogen) atoms. The zero-order valence-electron chi connectivity index (χ0n) is 1.92. The third-order valence-corrected chi connectivity index (χ3v) is 0. The maximum absolute atomic E-state index is 5.02. The molecule has 0 rings (SSSR count). The van der Waals surface area contributed by atoms with Gasteiger partial charge < -0.3 is 0 Å². The maximum atomic E-state index is 5.02. The van der Waals surface area contributed by atoms with Gasteiger partial charge in [0, 0.05) is 0 Å². The summed E-state index contributed by atoms with van der Waals surface area (Å²) in [6.45, 7) is 0. The molecule has 0 aromatic carbocycles. The third-order valence-electron chi connectivity index (χ3n) is 0. The molecule has 40 valence electrons. The first-order valence-electron chi connectivity index (χ1n) is 0.617. The molecular weight excluding hydrogens is 265 g/mol. The molecule has 0 bridgehead atoms. The van der Waals surface area contributed by atoms with Crippen molar-refractivity contribution in [3.8, 4) is 0 Å². The van der Waals surface area contributed by atoms with Crippen molar-refractivity contribution in [2.45, 2.75) is 0 Å². The Kier molecular flexibility index (Phi) is 8.00. The van der Waals surface area contributed by atoms with Gasteiger partial charge in [-0.15, -0.1) is 0 Å². The summed E-state index contributed by atoms with van der Waals surface area (Å²) < 4.78 is 0. The molecule has 0 nitrogen and oxygen atoms in total. The average molecular weight is 268 g/mol. The monoisotopic (exact) mass is 268 g/mol. The van der Waals surface area contributed by atoms with Gasteiger partial charge >= 0.3 is 49.6 Å². The van der Waals surface area contributed by atoms with Crippen LogP contribution in [0.1, 0.15) is 0 Å². The van der Waals surface area contributed by atoms with Crippen LogP contribution in [0.25, 0.3) is 0 Å². The van der Waals surface area contributed by atoms with E-state index in [0.717, 1.165) is 0 Å². The Bertz CT molecular complexity index is 23.0. The molecule has 0 heterocycles. The van der Waals surface area contributed by atoms with Gasteiger partial charge in [0.05, 0.1) is 0 Å². The second kappa shape index (κ2) is 4.28. The molecule has 0 amide bonds. The van der Waals surface area contributed by atoms with Crippen LogP contribution in [0.2, 0.25) is 0 Å². The Morgan fingerprint density at radius 1 is 0.833 bits per heavy atom. The van der Waals surface area contributed by atoms with Crippen molar-refractivity contribution in [1.29, 1.82) is 0 Å². The summed E-state index contributed by atoms with van der Waals surface area (Å²) in [7, 11) is 20.1. The second-order valence-corrected chi connectivity index (χ2v) is 18.6. The van der Waals surface area contributed by atoms with Crippen LogP contribution < -0.4 is 0 Å². The van der Waals surface area contributed by atoms with Crippen molar-refractivity contribution < 1.29 is 11.9 Å². The van der Waals surface area contributed by atoms with Crippen LogP contribution >= 0.6 is 37.7 Å². The summed E-state index contributed by atoms with van der Waals surface area (Å²) >= 11 is -3.13. The van der Waals surface area contributed by atoms with Gasteiger partial charge in [-0.3, -0.25) is 0 Å². The predicted octanol–water partition coefficient (Wildman–Crippen LogP) is 1.57. The van der Waals surface area contributed by atoms with Crippen molar-refractivity contribution in [2.24, 2.45) is 0 Å². The first-order valence-corrected chi connectivity index (χ1v) is 11.0. The van der Waals surface area contributed by atoms with Crippen LogP contribution in [0, 0.1) is 0 Å². The Morgan fingerprint density at radius 3 is 0.833 bits per heavy atom. The zero-order valence-corrected chi connectivity index (χ0v) is 6.95. The average Bonchev–Trinajstić information content (AvgIpc) is 0.722. The van der Waals surface area contributed by atoms with Crippen LogP contribution in [0.3, 0.4) is 0 Å². The number of hydrogen-bond donors (Lipinski definition) is 0. The van der Waals surface area contributed by atoms with Crippen molar-refractivity contribution in [1.82, 2.24) is 0 Å². The molecule has 6 heteroatoms. The topological polar surface area (TPSA) is 0 Å². The molecule has 0 aromatic heterocycles. The van der Waals surface area contributed by atoms with Gasteiger partial charge in [-0.1, -0.05) is 0 Å². The fourth-order valence-corrected chi connectivity index (χ4v) is 0. The number of rotatable bonds is 0. The van der Waals surface area contributed by atoms with Crippen molar-refractivity contribution in [2.75, 3.05) is 0 Å². The van der Waals surface area contributed by atoms with Gasteiger partial charge in [-0.05, 0) is 0 Å². The predicted molar refractivity (Wildman–Crippen MR) is 33.4 cm³/mol. The molecule has 0 radical (unpaired) electrons. The summed E-state index contributed by atoms with van der Waals surface area (Å²) in [5.74, 6) is 0. The first-order chi connectivity index (χ1) is 2.00. The zero-order chi connectivity index (χ0) is 4.50. The molecule has 0 aliphatic carbocycles. The van der Waals surface area contributed by atoms with E-state index in [9.17, 15) is 0 Å². The Hall–Kier alpha value is 2.38. The van der Waals surface area contributed by atoms with Crippen LogP contribution in [0.5, 0.6) is 0 Å². The number of halogens is 4. The Balaban J connectivity index is 0. The summed E-state index contributed by atoms with van der Waals surface area (Å²) in [6.07, 6.45) is 0. The van der Waals surface area contributed by atoms with Crippen molar-refractivity contribution in [3.63, 3.8) is 0 Å². The molecular formula is H3AlCl4Mo. The summed E-state index contributed by atoms with van der Waals surface area (Å²) in [4.78, 5) is 0. The fourth-order valence-electron chi connectivity index (χ4n) is 0. The molecule has 0 N–H and O–H groups in total. The molecule has 0 atom stereocenters. The van der Waals surface area contributed by atoms with Crippen LogP contribution in [-0.4, -0.2) is 17.4 Å². The van der Waals surface area contributed by atoms with Gasteiger partial charge in [0.1, 0.15) is 0 Å². The molecule has 0 aliphatic rings. The molecule has 0 aliphatic heterocycles. The summed E-state index contributed by atoms with van der Waals surface area (Å²) in [5.41, 5.74) is 0. The molecule has 0 aromatic rings. The van der Waals surface area contributed by atoms with E-state index in [2.05, 4.69) is 0 Å². The summed E-state index contributed by atoms with van der Waals surface area (Å²) in [6, 6.07) is 0. The SMILES string of the molecule is [AlH3].[Cl][Mo]([Cl])([Cl])[Cl]. The van der Waals surface area contributed by atoms with Gasteiger partial charge in [-0.25, -0.2) is 0 Å². The van der Waals surface area contributed by atoms with Gasteiger partial charge in [-0.2, -0.15) is 0 Å². The van der Waals surface area contributed by atoms with E-state index in [1.54, 1.807) is 0 Å². The third kappa shape index (κ3) is 32.6. The minimum absolute atomic E-state index is 0. The van der Waals surface area contributed by atoms with Crippen LogP contribution in [0.4, 0.5) is 0 Å².